The van der Waals surface area contributed by atoms with Gasteiger partial charge in [-0.25, -0.2) is 13.4 Å². The number of benzene rings is 2. The summed E-state index contributed by atoms with van der Waals surface area (Å²) in [5, 5.41) is 2.28. The molecule has 0 bridgehead atoms. The van der Waals surface area contributed by atoms with E-state index in [0.29, 0.717) is 25.9 Å². The van der Waals surface area contributed by atoms with Gasteiger partial charge in [-0.1, -0.05) is 17.7 Å². The van der Waals surface area contributed by atoms with Crippen LogP contribution in [0.2, 0.25) is 0 Å². The lowest BCUT2D eigenvalue weighted by Crippen LogP contribution is -2.39. The Morgan fingerprint density at radius 2 is 1.73 bits per heavy atom. The van der Waals surface area contributed by atoms with E-state index in [2.05, 4.69) is 27.8 Å². The van der Waals surface area contributed by atoms with Gasteiger partial charge in [0.25, 0.3) is 0 Å². The molecule has 176 valence electrons. The Balaban J connectivity index is 1.42. The largest absolute Gasteiger partial charge is 0.573 e. The van der Waals surface area contributed by atoms with Gasteiger partial charge in [0.05, 0.1) is 15.8 Å². The van der Waals surface area contributed by atoms with Crippen molar-refractivity contribution < 1.29 is 26.3 Å². The first-order valence-corrected chi connectivity index (χ1v) is 12.8. The Labute approximate surface area is 194 Å². The van der Waals surface area contributed by atoms with Crippen LogP contribution in [0.15, 0.2) is 52.7 Å². The number of halogens is 3. The normalized spacial score (nSPS) is 15.6. The van der Waals surface area contributed by atoms with Crippen LogP contribution in [0.5, 0.6) is 5.75 Å². The second kappa shape index (κ2) is 8.98. The average Bonchev–Trinajstić information content (AvgIpc) is 3.25. The van der Waals surface area contributed by atoms with Crippen molar-refractivity contribution in [2.24, 2.45) is 0 Å². The second-order valence-electron chi connectivity index (χ2n) is 8.08. The van der Waals surface area contributed by atoms with Crippen LogP contribution in [0.3, 0.4) is 0 Å². The van der Waals surface area contributed by atoms with Crippen LogP contribution in [0.4, 0.5) is 18.3 Å². The lowest BCUT2D eigenvalue weighted by molar-refractivity contribution is -0.274. The number of aryl methyl sites for hydroxylation is 2. The second-order valence-corrected chi connectivity index (χ2v) is 11.1. The summed E-state index contributed by atoms with van der Waals surface area (Å²) in [6.45, 7) is 5.17. The third kappa shape index (κ3) is 5.33. The van der Waals surface area contributed by atoms with Crippen molar-refractivity contribution in [3.8, 4) is 17.0 Å². The molecule has 0 atom stereocenters. The number of hydrogen-bond donors (Lipinski definition) is 0. The van der Waals surface area contributed by atoms with E-state index in [0.717, 1.165) is 39.6 Å². The highest BCUT2D eigenvalue weighted by Crippen LogP contribution is 2.33. The molecule has 3 aromatic rings. The predicted molar refractivity (Wildman–Crippen MR) is 123 cm³/mol. The summed E-state index contributed by atoms with van der Waals surface area (Å²) in [6.07, 6.45) is -3.98. The molecule has 2 heterocycles. The fraction of sp³-hybridized carbons (Fsp3) is 0.348. The van der Waals surface area contributed by atoms with Gasteiger partial charge < -0.3 is 9.64 Å². The fourth-order valence-corrected chi connectivity index (χ4v) is 6.54. The zero-order chi connectivity index (χ0) is 23.8. The molecule has 0 amide bonds. The number of alkyl halides is 3. The first-order valence-electron chi connectivity index (χ1n) is 10.4. The van der Waals surface area contributed by atoms with Crippen molar-refractivity contribution in [1.82, 2.24) is 4.98 Å². The summed E-state index contributed by atoms with van der Waals surface area (Å²) in [6, 6.07) is 10.6. The van der Waals surface area contributed by atoms with Gasteiger partial charge in [-0.15, -0.1) is 24.5 Å². The van der Waals surface area contributed by atoms with E-state index in [4.69, 9.17) is 4.98 Å². The third-order valence-corrected chi connectivity index (χ3v) is 8.88. The van der Waals surface area contributed by atoms with Crippen molar-refractivity contribution in [3.63, 3.8) is 0 Å². The number of sulfone groups is 1. The molecule has 0 saturated carbocycles. The predicted octanol–water partition coefficient (Wildman–Crippen LogP) is 5.77. The highest BCUT2D eigenvalue weighted by Gasteiger charge is 2.33. The fourth-order valence-electron chi connectivity index (χ4n) is 3.93. The first-order chi connectivity index (χ1) is 15.5. The number of nitrogens with zero attached hydrogens (tertiary/aromatic N) is 2. The van der Waals surface area contributed by atoms with Crippen LogP contribution < -0.4 is 9.64 Å². The maximum absolute atomic E-state index is 13.0. The molecular formula is C23H23F3N2O3S2. The molecule has 1 saturated heterocycles. The van der Waals surface area contributed by atoms with Gasteiger partial charge >= 0.3 is 6.36 Å². The Kier molecular flexibility index (Phi) is 6.41. The molecule has 0 unspecified atom stereocenters. The van der Waals surface area contributed by atoms with Crippen molar-refractivity contribution in [2.75, 3.05) is 18.0 Å². The van der Waals surface area contributed by atoms with Crippen LogP contribution in [-0.2, 0) is 9.84 Å². The van der Waals surface area contributed by atoms with E-state index < -0.39 is 27.2 Å². The van der Waals surface area contributed by atoms with E-state index in [1.54, 1.807) is 0 Å². The van der Waals surface area contributed by atoms with Gasteiger partial charge in [0.15, 0.2) is 15.0 Å². The summed E-state index contributed by atoms with van der Waals surface area (Å²) in [7, 11) is -3.66. The van der Waals surface area contributed by atoms with Crippen LogP contribution in [0, 0.1) is 13.8 Å². The van der Waals surface area contributed by atoms with Crippen molar-refractivity contribution in [2.45, 2.75) is 43.2 Å². The lowest BCUT2D eigenvalue weighted by atomic mass is 10.0. The summed E-state index contributed by atoms with van der Waals surface area (Å²) in [4.78, 5) is 6.87. The molecule has 2 aromatic carbocycles. The Hall–Kier alpha value is -2.59. The first kappa shape index (κ1) is 23.6. The smallest absolute Gasteiger partial charge is 0.406 e. The molecule has 0 radical (unpaired) electrons. The van der Waals surface area contributed by atoms with Gasteiger partial charge in [-0.3, -0.25) is 0 Å². The molecule has 1 aliphatic heterocycles. The molecule has 1 fully saturated rings. The van der Waals surface area contributed by atoms with Gasteiger partial charge in [0, 0.05) is 24.0 Å². The van der Waals surface area contributed by atoms with E-state index in [1.165, 1.54) is 23.5 Å². The number of rotatable bonds is 5. The van der Waals surface area contributed by atoms with Gasteiger partial charge in [-0.05, 0) is 62.6 Å². The molecule has 1 aromatic heterocycles. The quantitative estimate of drug-likeness (QED) is 0.449. The minimum Gasteiger partial charge on any atom is -0.406 e. The number of aromatic nitrogens is 1. The van der Waals surface area contributed by atoms with E-state index >= 15 is 0 Å². The number of anilines is 1. The van der Waals surface area contributed by atoms with E-state index in [9.17, 15) is 21.6 Å². The monoisotopic (exact) mass is 496 g/mol. The number of piperidine rings is 1. The minimum atomic E-state index is -4.82. The van der Waals surface area contributed by atoms with Gasteiger partial charge in [0.1, 0.15) is 5.75 Å². The molecule has 0 N–H and O–H groups in total. The number of hydrogen-bond acceptors (Lipinski definition) is 6. The Morgan fingerprint density at radius 1 is 1.06 bits per heavy atom. The van der Waals surface area contributed by atoms with E-state index in [1.807, 2.05) is 19.2 Å². The SMILES string of the molecule is Cc1ccc(C)c(-c2csc(N3CCC(S(=O)(=O)c4ccc(OC(F)(F)F)cc4)CC3)n2)c1. The van der Waals surface area contributed by atoms with Crippen molar-refractivity contribution >= 4 is 26.3 Å². The molecule has 4 rings (SSSR count). The van der Waals surface area contributed by atoms with E-state index in [-0.39, 0.29) is 4.90 Å². The van der Waals surface area contributed by atoms with Crippen molar-refractivity contribution in [3.05, 3.63) is 59.0 Å². The van der Waals surface area contributed by atoms with Crippen LogP contribution in [0.25, 0.3) is 11.3 Å². The standard InChI is InChI=1S/C23H23F3N2O3S2/c1-15-3-4-16(2)20(13-15)21-14-32-22(27-21)28-11-9-19(10-12-28)33(29,30)18-7-5-17(6-8-18)31-23(24,25)26/h3-8,13-14,19H,9-12H2,1-2H3. The molecular weight excluding hydrogens is 473 g/mol. The summed E-state index contributed by atoms with van der Waals surface area (Å²) in [5.41, 5.74) is 4.31. The minimum absolute atomic E-state index is 0.00179. The van der Waals surface area contributed by atoms with Crippen molar-refractivity contribution in [1.29, 1.82) is 0 Å². The summed E-state index contributed by atoms with van der Waals surface area (Å²) >= 11 is 1.54. The average molecular weight is 497 g/mol. The number of ether oxygens (including phenoxy) is 1. The lowest BCUT2D eigenvalue weighted by Gasteiger charge is -2.31. The maximum atomic E-state index is 13.0. The molecule has 1 aliphatic rings. The molecule has 0 spiro atoms. The summed E-state index contributed by atoms with van der Waals surface area (Å²) < 4.78 is 66.8. The van der Waals surface area contributed by atoms with Gasteiger partial charge in [0.2, 0.25) is 0 Å². The molecule has 0 aliphatic carbocycles. The highest BCUT2D eigenvalue weighted by atomic mass is 32.2. The summed E-state index contributed by atoms with van der Waals surface area (Å²) in [5.74, 6) is -0.445. The molecule has 10 heteroatoms. The van der Waals surface area contributed by atoms with Crippen LogP contribution >= 0.6 is 11.3 Å². The Morgan fingerprint density at radius 3 is 2.36 bits per heavy atom. The Bertz CT molecular complexity index is 1230. The molecule has 5 nitrogen and oxygen atoms in total. The topological polar surface area (TPSA) is 59.5 Å². The zero-order valence-corrected chi connectivity index (χ0v) is 19.7. The molecule has 33 heavy (non-hydrogen) atoms. The zero-order valence-electron chi connectivity index (χ0n) is 18.1. The number of thiazole rings is 1. The maximum Gasteiger partial charge on any atom is 0.573 e. The van der Waals surface area contributed by atoms with Crippen LogP contribution in [0.1, 0.15) is 24.0 Å². The van der Waals surface area contributed by atoms with Crippen LogP contribution in [-0.4, -0.2) is 38.1 Å². The third-order valence-electron chi connectivity index (χ3n) is 5.70. The highest BCUT2D eigenvalue weighted by molar-refractivity contribution is 7.92. The van der Waals surface area contributed by atoms with Gasteiger partial charge in [-0.2, -0.15) is 0 Å².